The summed E-state index contributed by atoms with van der Waals surface area (Å²) in [7, 11) is 0. The van der Waals surface area contributed by atoms with Crippen molar-refractivity contribution in [3.63, 3.8) is 0 Å². The molecule has 5 rings (SSSR count). The Bertz CT molecular complexity index is 1270. The number of fused-ring (bicyclic) bond motifs is 1. The minimum Gasteiger partial charge on any atom is -0.455 e. The van der Waals surface area contributed by atoms with Crippen LogP contribution in [-0.2, 0) is 19.5 Å². The number of benzene rings is 3. The molecule has 1 aromatic heterocycles. The zero-order chi connectivity index (χ0) is 24.0. The highest BCUT2D eigenvalue weighted by Crippen LogP contribution is 2.31. The molecule has 0 bridgehead atoms. The van der Waals surface area contributed by atoms with Crippen molar-refractivity contribution in [2.45, 2.75) is 39.3 Å². The second kappa shape index (κ2) is 10.4. The first-order valence-corrected chi connectivity index (χ1v) is 12.1. The van der Waals surface area contributed by atoms with Gasteiger partial charge >= 0.3 is 0 Å². The standard InChI is InChI=1S/C30H29N3O2/c1-22-28-26(32-31-25-16-9-4-10-17-25)18-11-19-27(28)35-29(22)30(34)33(20-23-12-5-2-6-13-23)21-24-14-7-3-8-15-24/h2-10,12-17,31H,11,18-21H2,1H3/b32-26+. The van der Waals surface area contributed by atoms with Gasteiger partial charge in [0.15, 0.2) is 5.76 Å². The van der Waals surface area contributed by atoms with Gasteiger partial charge in [0.1, 0.15) is 5.76 Å². The summed E-state index contributed by atoms with van der Waals surface area (Å²) < 4.78 is 6.24. The van der Waals surface area contributed by atoms with Gasteiger partial charge in [-0.3, -0.25) is 10.2 Å². The lowest BCUT2D eigenvalue weighted by Gasteiger charge is -2.22. The van der Waals surface area contributed by atoms with Crippen molar-refractivity contribution in [1.29, 1.82) is 0 Å². The highest BCUT2D eigenvalue weighted by atomic mass is 16.4. The molecule has 1 heterocycles. The van der Waals surface area contributed by atoms with Crippen molar-refractivity contribution < 1.29 is 9.21 Å². The molecule has 176 valence electrons. The molecule has 4 aromatic rings. The van der Waals surface area contributed by atoms with Crippen LogP contribution in [0, 0.1) is 6.92 Å². The van der Waals surface area contributed by atoms with E-state index in [0.29, 0.717) is 18.8 Å². The smallest absolute Gasteiger partial charge is 0.290 e. The predicted octanol–water partition coefficient (Wildman–Crippen LogP) is 6.58. The summed E-state index contributed by atoms with van der Waals surface area (Å²) in [6.45, 7) is 2.99. The zero-order valence-electron chi connectivity index (χ0n) is 19.9. The van der Waals surface area contributed by atoms with Gasteiger partial charge in [0, 0.05) is 30.6 Å². The number of nitrogens with zero attached hydrogens (tertiary/aromatic N) is 2. The molecular formula is C30H29N3O2. The first kappa shape index (κ1) is 22.7. The second-order valence-corrected chi connectivity index (χ2v) is 8.88. The number of rotatable bonds is 7. The molecule has 0 atom stereocenters. The van der Waals surface area contributed by atoms with E-state index in [1.54, 1.807) is 0 Å². The number of para-hydroxylation sites is 1. The first-order chi connectivity index (χ1) is 17.2. The first-order valence-electron chi connectivity index (χ1n) is 12.1. The van der Waals surface area contributed by atoms with Gasteiger partial charge in [-0.1, -0.05) is 78.9 Å². The summed E-state index contributed by atoms with van der Waals surface area (Å²) >= 11 is 0. The Morgan fingerprint density at radius 3 is 2.03 bits per heavy atom. The summed E-state index contributed by atoms with van der Waals surface area (Å²) in [5.41, 5.74) is 9.04. The van der Waals surface area contributed by atoms with E-state index in [1.165, 1.54) is 0 Å². The summed E-state index contributed by atoms with van der Waals surface area (Å²) in [6, 6.07) is 30.1. The fourth-order valence-electron chi connectivity index (χ4n) is 4.58. The highest BCUT2D eigenvalue weighted by molar-refractivity contribution is 6.06. The second-order valence-electron chi connectivity index (χ2n) is 8.88. The largest absolute Gasteiger partial charge is 0.455 e. The highest BCUT2D eigenvalue weighted by Gasteiger charge is 2.30. The van der Waals surface area contributed by atoms with Crippen LogP contribution in [0.25, 0.3) is 0 Å². The maximum absolute atomic E-state index is 13.9. The van der Waals surface area contributed by atoms with Crippen LogP contribution in [0.2, 0.25) is 0 Å². The normalized spacial score (nSPS) is 13.9. The monoisotopic (exact) mass is 463 g/mol. The minimum absolute atomic E-state index is 0.0972. The molecule has 5 nitrogen and oxygen atoms in total. The maximum atomic E-state index is 13.9. The van der Waals surface area contributed by atoms with Crippen molar-refractivity contribution in [3.8, 4) is 0 Å². The number of amides is 1. The Balaban J connectivity index is 1.45. The molecule has 3 aromatic carbocycles. The summed E-state index contributed by atoms with van der Waals surface area (Å²) in [5.74, 6) is 1.17. The van der Waals surface area contributed by atoms with Crippen LogP contribution in [0.1, 0.15) is 51.4 Å². The molecule has 1 aliphatic rings. The number of carbonyl (C=O) groups is 1. The van der Waals surface area contributed by atoms with Crippen LogP contribution in [0.5, 0.6) is 0 Å². The van der Waals surface area contributed by atoms with Gasteiger partial charge in [-0.25, -0.2) is 0 Å². The van der Waals surface area contributed by atoms with E-state index < -0.39 is 0 Å². The van der Waals surface area contributed by atoms with E-state index in [2.05, 4.69) is 5.43 Å². The molecule has 1 N–H and O–H groups in total. The molecule has 5 heteroatoms. The number of aryl methyl sites for hydroxylation is 1. The van der Waals surface area contributed by atoms with Crippen molar-refractivity contribution >= 4 is 17.3 Å². The molecule has 0 spiro atoms. The zero-order valence-corrected chi connectivity index (χ0v) is 19.9. The lowest BCUT2D eigenvalue weighted by molar-refractivity contribution is 0.0694. The molecule has 0 saturated heterocycles. The third kappa shape index (κ3) is 5.19. The number of hydrogen-bond acceptors (Lipinski definition) is 4. The van der Waals surface area contributed by atoms with Gasteiger partial charge in [0.05, 0.1) is 11.4 Å². The van der Waals surface area contributed by atoms with Gasteiger partial charge in [-0.05, 0) is 43.0 Å². The predicted molar refractivity (Wildman–Crippen MR) is 139 cm³/mol. The number of nitrogens with one attached hydrogen (secondary N) is 1. The molecule has 0 saturated carbocycles. The summed E-state index contributed by atoms with van der Waals surface area (Å²) in [6.07, 6.45) is 2.60. The van der Waals surface area contributed by atoms with Gasteiger partial charge in [-0.15, -0.1) is 0 Å². The van der Waals surface area contributed by atoms with Crippen LogP contribution in [-0.4, -0.2) is 16.5 Å². The van der Waals surface area contributed by atoms with Crippen LogP contribution < -0.4 is 5.43 Å². The van der Waals surface area contributed by atoms with E-state index in [4.69, 9.17) is 9.52 Å². The molecule has 0 aliphatic heterocycles. The fourth-order valence-corrected chi connectivity index (χ4v) is 4.58. The van der Waals surface area contributed by atoms with Gasteiger partial charge in [0.2, 0.25) is 0 Å². The van der Waals surface area contributed by atoms with Crippen molar-refractivity contribution in [2.24, 2.45) is 5.10 Å². The lowest BCUT2D eigenvalue weighted by Crippen LogP contribution is -2.30. The molecular weight excluding hydrogens is 434 g/mol. The van der Waals surface area contributed by atoms with E-state index in [-0.39, 0.29) is 5.91 Å². The Kier molecular flexibility index (Phi) is 6.75. The van der Waals surface area contributed by atoms with Gasteiger partial charge in [0.25, 0.3) is 5.91 Å². The average Bonchev–Trinajstić information content (AvgIpc) is 3.25. The number of hydrazone groups is 1. The van der Waals surface area contributed by atoms with Crippen LogP contribution >= 0.6 is 0 Å². The fraction of sp³-hybridized carbons (Fsp3) is 0.200. The molecule has 0 radical (unpaired) electrons. The Morgan fingerprint density at radius 2 is 1.43 bits per heavy atom. The van der Waals surface area contributed by atoms with E-state index in [0.717, 1.165) is 58.7 Å². The SMILES string of the molecule is Cc1c(C(=O)N(Cc2ccccc2)Cc2ccccc2)oc2c1/C(=N/Nc1ccccc1)CCC2. The van der Waals surface area contributed by atoms with Crippen LogP contribution in [0.3, 0.4) is 0 Å². The third-order valence-corrected chi connectivity index (χ3v) is 6.33. The van der Waals surface area contributed by atoms with E-state index in [1.807, 2.05) is 103 Å². The summed E-state index contributed by atoms with van der Waals surface area (Å²) in [4.78, 5) is 15.7. The average molecular weight is 464 g/mol. The van der Waals surface area contributed by atoms with E-state index in [9.17, 15) is 4.79 Å². The van der Waals surface area contributed by atoms with Crippen LogP contribution in [0.15, 0.2) is 101 Å². The number of furan rings is 1. The Morgan fingerprint density at radius 1 is 0.857 bits per heavy atom. The molecule has 0 fully saturated rings. The molecule has 1 aliphatic carbocycles. The lowest BCUT2D eigenvalue weighted by atomic mass is 9.93. The molecule has 0 unspecified atom stereocenters. The molecule has 1 amide bonds. The van der Waals surface area contributed by atoms with Gasteiger partial charge < -0.3 is 9.32 Å². The maximum Gasteiger partial charge on any atom is 0.290 e. The third-order valence-electron chi connectivity index (χ3n) is 6.33. The van der Waals surface area contributed by atoms with Crippen molar-refractivity contribution in [3.05, 3.63) is 125 Å². The quantitative estimate of drug-likeness (QED) is 0.315. The number of carbonyl (C=O) groups excluding carboxylic acids is 1. The number of hydrogen-bond donors (Lipinski definition) is 1. The van der Waals surface area contributed by atoms with Crippen molar-refractivity contribution in [2.75, 3.05) is 5.43 Å². The van der Waals surface area contributed by atoms with E-state index >= 15 is 0 Å². The van der Waals surface area contributed by atoms with Crippen LogP contribution in [0.4, 0.5) is 5.69 Å². The van der Waals surface area contributed by atoms with Gasteiger partial charge in [-0.2, -0.15) is 5.10 Å². The minimum atomic E-state index is -0.0972. The Labute approximate surface area is 206 Å². The van der Waals surface area contributed by atoms with Crippen molar-refractivity contribution in [1.82, 2.24) is 4.90 Å². The molecule has 35 heavy (non-hydrogen) atoms. The number of anilines is 1. The topological polar surface area (TPSA) is 57.8 Å². The Hall–Kier alpha value is -4.12. The summed E-state index contributed by atoms with van der Waals surface area (Å²) in [5, 5.41) is 4.69.